The number of carbonyl (C=O) groups excluding carboxylic acids is 1. The summed E-state index contributed by atoms with van der Waals surface area (Å²) in [6.45, 7) is 8.71. The molecular weight excluding hydrogens is 278 g/mol. The highest BCUT2D eigenvalue weighted by Crippen LogP contribution is 2.32. The smallest absolute Gasteiger partial charge is 0.274 e. The molecule has 3 heterocycles. The maximum absolute atomic E-state index is 12.7. The van der Waals surface area contributed by atoms with Gasteiger partial charge >= 0.3 is 0 Å². The Hall–Kier alpha value is -1.62. The Bertz CT molecular complexity index is 642. The van der Waals surface area contributed by atoms with Gasteiger partial charge in [0.25, 0.3) is 5.56 Å². The third kappa shape index (κ3) is 3.09. The first-order valence-corrected chi connectivity index (χ1v) is 8.08. The zero-order chi connectivity index (χ0) is 15.9. The molecule has 0 aromatic carbocycles. The third-order valence-corrected chi connectivity index (χ3v) is 4.47. The van der Waals surface area contributed by atoms with Crippen LogP contribution in [-0.2, 0) is 11.3 Å². The fraction of sp³-hybridized carbons (Fsp3) is 0.647. The van der Waals surface area contributed by atoms with Gasteiger partial charge in [0.1, 0.15) is 5.69 Å². The van der Waals surface area contributed by atoms with E-state index in [2.05, 4.69) is 10.6 Å². The molecule has 0 radical (unpaired) electrons. The number of fused-ring (bicyclic) bond motifs is 4. The van der Waals surface area contributed by atoms with Gasteiger partial charge in [-0.25, -0.2) is 0 Å². The molecule has 1 aromatic heterocycles. The van der Waals surface area contributed by atoms with Crippen LogP contribution in [0.15, 0.2) is 16.9 Å². The van der Waals surface area contributed by atoms with Gasteiger partial charge in [-0.3, -0.25) is 9.59 Å². The van der Waals surface area contributed by atoms with Gasteiger partial charge in [0, 0.05) is 31.1 Å². The van der Waals surface area contributed by atoms with Crippen molar-refractivity contribution in [1.29, 1.82) is 0 Å². The highest BCUT2D eigenvalue weighted by Gasteiger charge is 2.31. The number of hydrogen-bond donors (Lipinski definition) is 2. The maximum atomic E-state index is 12.7. The number of pyridine rings is 1. The first-order chi connectivity index (χ1) is 10.3. The quantitative estimate of drug-likeness (QED) is 0.877. The van der Waals surface area contributed by atoms with Gasteiger partial charge in [-0.1, -0.05) is 20.8 Å². The molecule has 1 fully saturated rings. The van der Waals surface area contributed by atoms with Crippen LogP contribution in [0.4, 0.5) is 5.69 Å². The van der Waals surface area contributed by atoms with Gasteiger partial charge in [0.2, 0.25) is 5.91 Å². The third-order valence-electron chi connectivity index (χ3n) is 4.47. The highest BCUT2D eigenvalue weighted by molar-refractivity contribution is 5.90. The maximum Gasteiger partial charge on any atom is 0.274 e. The van der Waals surface area contributed by atoms with E-state index in [0.717, 1.165) is 31.7 Å². The number of nitrogens with zero attached hydrogens (tertiary/aromatic N) is 1. The van der Waals surface area contributed by atoms with Gasteiger partial charge in [-0.15, -0.1) is 0 Å². The summed E-state index contributed by atoms with van der Waals surface area (Å²) >= 11 is 0. The molecule has 2 N–H and O–H groups in total. The van der Waals surface area contributed by atoms with E-state index in [0.29, 0.717) is 23.9 Å². The Morgan fingerprint density at radius 2 is 2.14 bits per heavy atom. The van der Waals surface area contributed by atoms with E-state index in [4.69, 9.17) is 0 Å². The molecule has 5 nitrogen and oxygen atoms in total. The molecule has 1 saturated heterocycles. The van der Waals surface area contributed by atoms with Crippen molar-refractivity contribution in [3.63, 3.8) is 0 Å². The predicted octanol–water partition coefficient (Wildman–Crippen LogP) is 1.93. The highest BCUT2D eigenvalue weighted by atomic mass is 16.2. The van der Waals surface area contributed by atoms with Crippen molar-refractivity contribution in [2.24, 2.45) is 11.3 Å². The predicted molar refractivity (Wildman–Crippen MR) is 87.1 cm³/mol. The number of carbonyl (C=O) groups is 1. The summed E-state index contributed by atoms with van der Waals surface area (Å²) < 4.78 is 1.87. The summed E-state index contributed by atoms with van der Waals surface area (Å²) in [4.78, 5) is 24.7. The van der Waals surface area contributed by atoms with E-state index in [-0.39, 0.29) is 16.9 Å². The summed E-state index contributed by atoms with van der Waals surface area (Å²) in [5.74, 6) is 0.840. The van der Waals surface area contributed by atoms with Crippen molar-refractivity contribution >= 4 is 11.6 Å². The average molecular weight is 303 g/mol. The molecule has 0 saturated carbocycles. The number of amides is 1. The Kier molecular flexibility index (Phi) is 3.85. The van der Waals surface area contributed by atoms with Crippen LogP contribution in [0.1, 0.15) is 45.2 Å². The number of anilines is 1. The van der Waals surface area contributed by atoms with Crippen LogP contribution in [0.2, 0.25) is 0 Å². The van der Waals surface area contributed by atoms with Crippen LogP contribution in [0.25, 0.3) is 0 Å². The molecule has 0 unspecified atom stereocenters. The van der Waals surface area contributed by atoms with Gasteiger partial charge in [-0.05, 0) is 36.4 Å². The minimum absolute atomic E-state index is 0.0589. The molecule has 1 aromatic rings. The van der Waals surface area contributed by atoms with E-state index in [1.807, 2.05) is 31.4 Å². The second-order valence-electron chi connectivity index (χ2n) is 7.83. The molecule has 2 bridgehead atoms. The Balaban J connectivity index is 1.85. The average Bonchev–Trinajstić information content (AvgIpc) is 2.41. The molecule has 2 aliphatic rings. The fourth-order valence-electron chi connectivity index (χ4n) is 3.56. The van der Waals surface area contributed by atoms with Crippen molar-refractivity contribution in [2.45, 2.75) is 46.1 Å². The standard InChI is InChI=1S/C17H25N3O2/c1-17(2,3)7-15(21)19-13-4-5-14-12-6-11(8-18-9-12)10-20(14)16(13)22/h4-5,11-12,18H,6-10H2,1-3H3,(H,19,21)/t11-,12+/m0/s1. The molecule has 2 atom stereocenters. The lowest BCUT2D eigenvalue weighted by Gasteiger charge is -2.37. The van der Waals surface area contributed by atoms with Gasteiger partial charge in [-0.2, -0.15) is 0 Å². The molecule has 0 spiro atoms. The first kappa shape index (κ1) is 15.3. The number of aromatic nitrogens is 1. The van der Waals surface area contributed by atoms with Crippen LogP contribution in [0.5, 0.6) is 0 Å². The molecular formula is C17H25N3O2. The summed E-state index contributed by atoms with van der Waals surface area (Å²) in [5, 5.41) is 6.23. The lowest BCUT2D eigenvalue weighted by molar-refractivity contribution is -0.117. The van der Waals surface area contributed by atoms with Crippen LogP contribution in [0, 0.1) is 11.3 Å². The number of nitrogens with one attached hydrogen (secondary N) is 2. The van der Waals surface area contributed by atoms with Gasteiger partial charge in [0.05, 0.1) is 0 Å². The van der Waals surface area contributed by atoms with Crippen LogP contribution in [-0.4, -0.2) is 23.6 Å². The SMILES string of the molecule is CC(C)(C)CC(=O)Nc1ccc2n(c1=O)C[C@@H]1CNC[C@H]2C1. The van der Waals surface area contributed by atoms with Crippen molar-refractivity contribution in [3.8, 4) is 0 Å². The Morgan fingerprint density at radius 1 is 1.36 bits per heavy atom. The van der Waals surface area contributed by atoms with Crippen molar-refractivity contribution in [3.05, 3.63) is 28.2 Å². The molecule has 5 heteroatoms. The van der Waals surface area contributed by atoms with Gasteiger partial charge in [0.15, 0.2) is 0 Å². The lowest BCUT2D eigenvalue weighted by Crippen LogP contribution is -2.45. The molecule has 1 amide bonds. The summed E-state index contributed by atoms with van der Waals surface area (Å²) in [6, 6.07) is 3.77. The summed E-state index contributed by atoms with van der Waals surface area (Å²) in [7, 11) is 0. The van der Waals surface area contributed by atoms with Crippen LogP contribution in [0.3, 0.4) is 0 Å². The van der Waals surface area contributed by atoms with E-state index < -0.39 is 0 Å². The monoisotopic (exact) mass is 303 g/mol. The van der Waals surface area contributed by atoms with Gasteiger partial charge < -0.3 is 15.2 Å². The minimum atomic E-state index is -0.0946. The summed E-state index contributed by atoms with van der Waals surface area (Å²) in [6.07, 6.45) is 1.56. The van der Waals surface area contributed by atoms with Crippen molar-refractivity contribution < 1.29 is 4.79 Å². The molecule has 3 rings (SSSR count). The number of rotatable bonds is 2. The Labute approximate surface area is 131 Å². The van der Waals surface area contributed by atoms with Crippen LogP contribution < -0.4 is 16.2 Å². The second-order valence-corrected chi connectivity index (χ2v) is 7.83. The molecule has 2 aliphatic heterocycles. The Morgan fingerprint density at radius 3 is 2.86 bits per heavy atom. The second kappa shape index (κ2) is 5.54. The number of piperidine rings is 1. The van der Waals surface area contributed by atoms with E-state index >= 15 is 0 Å². The van der Waals surface area contributed by atoms with E-state index in [1.165, 1.54) is 0 Å². The van der Waals surface area contributed by atoms with Crippen LogP contribution >= 0.6 is 0 Å². The zero-order valence-corrected chi connectivity index (χ0v) is 13.6. The number of hydrogen-bond acceptors (Lipinski definition) is 3. The topological polar surface area (TPSA) is 63.1 Å². The van der Waals surface area contributed by atoms with Crippen molar-refractivity contribution in [2.75, 3.05) is 18.4 Å². The largest absolute Gasteiger partial charge is 0.321 e. The van der Waals surface area contributed by atoms with E-state index in [1.54, 1.807) is 6.07 Å². The summed E-state index contributed by atoms with van der Waals surface area (Å²) in [5.41, 5.74) is 1.36. The zero-order valence-electron chi connectivity index (χ0n) is 13.6. The first-order valence-electron chi connectivity index (χ1n) is 8.08. The normalized spacial score (nSPS) is 23.8. The minimum Gasteiger partial charge on any atom is -0.321 e. The molecule has 22 heavy (non-hydrogen) atoms. The lowest BCUT2D eigenvalue weighted by atomic mass is 9.84. The molecule has 120 valence electrons. The fourth-order valence-corrected chi connectivity index (χ4v) is 3.56. The molecule has 0 aliphatic carbocycles. The van der Waals surface area contributed by atoms with E-state index in [9.17, 15) is 9.59 Å². The van der Waals surface area contributed by atoms with Crippen molar-refractivity contribution in [1.82, 2.24) is 9.88 Å².